The van der Waals surface area contributed by atoms with Gasteiger partial charge in [-0.05, 0) is 19.4 Å². The second-order valence-corrected chi connectivity index (χ2v) is 5.93. The van der Waals surface area contributed by atoms with Gasteiger partial charge in [0.1, 0.15) is 0 Å². The molecule has 82 valence electrons. The molecule has 0 aliphatic carbocycles. The van der Waals surface area contributed by atoms with E-state index in [1.54, 1.807) is 11.4 Å². The van der Waals surface area contributed by atoms with Crippen molar-refractivity contribution < 1.29 is 8.42 Å². The molecular weight excluding hydrogens is 202 g/mol. The lowest BCUT2D eigenvalue weighted by Crippen LogP contribution is -2.47. The minimum absolute atomic E-state index is 0.165. The molecule has 2 fully saturated rings. The first-order valence-corrected chi connectivity index (χ1v) is 6.46. The fourth-order valence-corrected chi connectivity index (χ4v) is 3.64. The Morgan fingerprint density at radius 2 is 2.14 bits per heavy atom. The molecule has 1 N–H and O–H groups in total. The van der Waals surface area contributed by atoms with Crippen LogP contribution in [-0.2, 0) is 10.2 Å². The molecule has 0 radical (unpaired) electrons. The van der Waals surface area contributed by atoms with Crippen molar-refractivity contribution in [2.75, 3.05) is 33.2 Å². The quantitative estimate of drug-likeness (QED) is 0.630. The predicted molar refractivity (Wildman–Crippen MR) is 54.1 cm³/mol. The minimum atomic E-state index is -3.14. The molecular formula is C8H17N3O2S. The van der Waals surface area contributed by atoms with E-state index in [9.17, 15) is 8.42 Å². The molecule has 2 saturated heterocycles. The van der Waals surface area contributed by atoms with Crippen molar-refractivity contribution in [3.63, 3.8) is 0 Å². The Kier molecular flexibility index (Phi) is 2.79. The van der Waals surface area contributed by atoms with E-state index in [4.69, 9.17) is 0 Å². The molecule has 0 spiro atoms. The Balaban J connectivity index is 2.11. The van der Waals surface area contributed by atoms with Gasteiger partial charge in [-0.15, -0.1) is 0 Å². The van der Waals surface area contributed by atoms with Gasteiger partial charge in [-0.1, -0.05) is 0 Å². The monoisotopic (exact) mass is 219 g/mol. The van der Waals surface area contributed by atoms with Crippen molar-refractivity contribution in [1.29, 1.82) is 0 Å². The molecule has 5 nitrogen and oxygen atoms in total. The lowest BCUT2D eigenvalue weighted by molar-refractivity contribution is 0.284. The number of piperidine rings is 1. The standard InChI is InChI=1S/C8H17N3O2S/c1-10-5-6-11(14(10,12)13)8-3-2-4-9-7-8/h8-9H,2-7H2,1H3. The number of hydrogen-bond donors (Lipinski definition) is 1. The van der Waals surface area contributed by atoms with Gasteiger partial charge in [0, 0.05) is 32.7 Å². The first-order chi connectivity index (χ1) is 6.62. The number of hydrogen-bond acceptors (Lipinski definition) is 3. The van der Waals surface area contributed by atoms with E-state index in [0.29, 0.717) is 13.1 Å². The van der Waals surface area contributed by atoms with E-state index < -0.39 is 10.2 Å². The van der Waals surface area contributed by atoms with E-state index in [-0.39, 0.29) is 6.04 Å². The Morgan fingerprint density at radius 3 is 2.64 bits per heavy atom. The maximum atomic E-state index is 11.8. The van der Waals surface area contributed by atoms with Crippen molar-refractivity contribution in [3.05, 3.63) is 0 Å². The molecule has 2 aliphatic heterocycles. The zero-order valence-electron chi connectivity index (χ0n) is 8.44. The maximum Gasteiger partial charge on any atom is 0.282 e. The van der Waals surface area contributed by atoms with Crippen LogP contribution in [0.1, 0.15) is 12.8 Å². The highest BCUT2D eigenvalue weighted by molar-refractivity contribution is 7.87. The zero-order chi connectivity index (χ0) is 10.2. The highest BCUT2D eigenvalue weighted by Gasteiger charge is 2.38. The van der Waals surface area contributed by atoms with Crippen LogP contribution < -0.4 is 5.32 Å². The van der Waals surface area contributed by atoms with Gasteiger partial charge in [0.2, 0.25) is 0 Å². The number of nitrogens with one attached hydrogen (secondary N) is 1. The Bertz CT molecular complexity index is 298. The Morgan fingerprint density at radius 1 is 1.36 bits per heavy atom. The summed E-state index contributed by atoms with van der Waals surface area (Å²) in [6.45, 7) is 3.08. The summed E-state index contributed by atoms with van der Waals surface area (Å²) >= 11 is 0. The molecule has 6 heteroatoms. The van der Waals surface area contributed by atoms with Gasteiger partial charge in [0.25, 0.3) is 10.2 Å². The number of rotatable bonds is 1. The largest absolute Gasteiger partial charge is 0.315 e. The molecule has 14 heavy (non-hydrogen) atoms. The van der Waals surface area contributed by atoms with E-state index >= 15 is 0 Å². The van der Waals surface area contributed by atoms with Crippen molar-refractivity contribution in [3.8, 4) is 0 Å². The summed E-state index contributed by atoms with van der Waals surface area (Å²) in [5.74, 6) is 0. The normalized spacial score (nSPS) is 34.8. The summed E-state index contributed by atoms with van der Waals surface area (Å²) in [6, 6.07) is 0.165. The summed E-state index contributed by atoms with van der Waals surface area (Å²) in [7, 11) is -1.49. The van der Waals surface area contributed by atoms with Crippen molar-refractivity contribution >= 4 is 10.2 Å². The minimum Gasteiger partial charge on any atom is -0.315 e. The SMILES string of the molecule is CN1CCN(C2CCCNC2)S1(=O)=O. The van der Waals surface area contributed by atoms with E-state index in [0.717, 1.165) is 25.9 Å². The summed E-state index contributed by atoms with van der Waals surface area (Å²) in [6.07, 6.45) is 2.06. The van der Waals surface area contributed by atoms with Gasteiger partial charge < -0.3 is 5.32 Å². The fourth-order valence-electron chi connectivity index (χ4n) is 2.10. The van der Waals surface area contributed by atoms with Crippen LogP contribution in [-0.4, -0.2) is 56.3 Å². The Labute approximate surface area is 85.2 Å². The van der Waals surface area contributed by atoms with Crippen LogP contribution in [0.2, 0.25) is 0 Å². The molecule has 2 rings (SSSR count). The number of nitrogens with zero attached hydrogens (tertiary/aromatic N) is 2. The summed E-state index contributed by atoms with van der Waals surface area (Å²) < 4.78 is 26.7. The maximum absolute atomic E-state index is 11.8. The predicted octanol–water partition coefficient (Wildman–Crippen LogP) is -0.769. The van der Waals surface area contributed by atoms with Crippen LogP contribution in [0.5, 0.6) is 0 Å². The van der Waals surface area contributed by atoms with Crippen molar-refractivity contribution in [2.45, 2.75) is 18.9 Å². The molecule has 0 aromatic carbocycles. The third-order valence-electron chi connectivity index (χ3n) is 3.00. The van der Waals surface area contributed by atoms with Crippen molar-refractivity contribution in [1.82, 2.24) is 13.9 Å². The van der Waals surface area contributed by atoms with Gasteiger partial charge in [-0.3, -0.25) is 0 Å². The average Bonchev–Trinajstić information content (AvgIpc) is 2.44. The molecule has 0 aromatic rings. The van der Waals surface area contributed by atoms with Gasteiger partial charge in [-0.2, -0.15) is 17.0 Å². The van der Waals surface area contributed by atoms with Crippen LogP contribution in [0.15, 0.2) is 0 Å². The van der Waals surface area contributed by atoms with E-state index in [1.165, 1.54) is 4.31 Å². The van der Waals surface area contributed by atoms with Crippen LogP contribution in [0.25, 0.3) is 0 Å². The lowest BCUT2D eigenvalue weighted by atomic mass is 10.1. The first-order valence-electron chi connectivity index (χ1n) is 5.06. The zero-order valence-corrected chi connectivity index (χ0v) is 9.26. The summed E-state index contributed by atoms with van der Waals surface area (Å²) in [4.78, 5) is 0. The van der Waals surface area contributed by atoms with Crippen LogP contribution in [0.4, 0.5) is 0 Å². The van der Waals surface area contributed by atoms with Gasteiger partial charge >= 0.3 is 0 Å². The Hall–Kier alpha value is -0.170. The molecule has 2 aliphatic rings. The topological polar surface area (TPSA) is 52.6 Å². The summed E-state index contributed by atoms with van der Waals surface area (Å²) in [5, 5.41) is 3.24. The first kappa shape index (κ1) is 10.4. The number of likely N-dealkylation sites (N-methyl/N-ethyl adjacent to an activating group) is 1. The molecule has 0 amide bonds. The van der Waals surface area contributed by atoms with Crippen LogP contribution in [0.3, 0.4) is 0 Å². The van der Waals surface area contributed by atoms with Gasteiger partial charge in [0.15, 0.2) is 0 Å². The lowest BCUT2D eigenvalue weighted by Gasteiger charge is -2.30. The fraction of sp³-hybridized carbons (Fsp3) is 1.00. The molecule has 2 heterocycles. The molecule has 0 aromatic heterocycles. The highest BCUT2D eigenvalue weighted by atomic mass is 32.2. The molecule has 1 unspecified atom stereocenters. The van der Waals surface area contributed by atoms with Crippen LogP contribution in [0, 0.1) is 0 Å². The second kappa shape index (κ2) is 3.77. The third kappa shape index (κ3) is 1.67. The van der Waals surface area contributed by atoms with Gasteiger partial charge in [0.05, 0.1) is 0 Å². The van der Waals surface area contributed by atoms with E-state index in [1.807, 2.05) is 0 Å². The smallest absolute Gasteiger partial charge is 0.282 e. The third-order valence-corrected chi connectivity index (χ3v) is 5.05. The molecule has 1 atom stereocenters. The highest BCUT2D eigenvalue weighted by Crippen LogP contribution is 2.21. The van der Waals surface area contributed by atoms with Gasteiger partial charge in [-0.25, -0.2) is 0 Å². The van der Waals surface area contributed by atoms with Crippen molar-refractivity contribution in [2.24, 2.45) is 0 Å². The van der Waals surface area contributed by atoms with E-state index in [2.05, 4.69) is 5.32 Å². The van der Waals surface area contributed by atoms with Crippen LogP contribution >= 0.6 is 0 Å². The molecule has 0 bridgehead atoms. The second-order valence-electron chi connectivity index (χ2n) is 3.94. The molecule has 0 saturated carbocycles. The summed E-state index contributed by atoms with van der Waals surface area (Å²) in [5.41, 5.74) is 0. The average molecular weight is 219 g/mol.